The van der Waals surface area contributed by atoms with Gasteiger partial charge in [0.25, 0.3) is 5.91 Å². The zero-order valence-corrected chi connectivity index (χ0v) is 15.5. The molecule has 0 saturated heterocycles. The number of nitrogens with one attached hydrogen (secondary N) is 1. The number of carbonyl (C=O) groups is 1. The van der Waals surface area contributed by atoms with Crippen molar-refractivity contribution >= 4 is 29.1 Å². The zero-order chi connectivity index (χ0) is 18.2. The third-order valence-electron chi connectivity index (χ3n) is 3.40. The van der Waals surface area contributed by atoms with Gasteiger partial charge in [-0.2, -0.15) is 0 Å². The number of methoxy groups -OCH3 is 2. The summed E-state index contributed by atoms with van der Waals surface area (Å²) in [4.78, 5) is 12.2. The summed E-state index contributed by atoms with van der Waals surface area (Å²) in [6.07, 6.45) is 0.637. The Hall–Kier alpha value is -2.11. The maximum Gasteiger partial charge on any atom is 0.251 e. The molecule has 134 valence electrons. The summed E-state index contributed by atoms with van der Waals surface area (Å²) in [5.74, 6) is 1.46. The van der Waals surface area contributed by atoms with E-state index in [0.29, 0.717) is 52.4 Å². The molecule has 0 aromatic heterocycles. The predicted octanol–water partition coefficient (Wildman–Crippen LogP) is 4.21. The summed E-state index contributed by atoms with van der Waals surface area (Å²) >= 11 is 11.9. The van der Waals surface area contributed by atoms with Crippen LogP contribution in [-0.4, -0.2) is 33.3 Å². The van der Waals surface area contributed by atoms with Crippen LogP contribution < -0.4 is 19.5 Å². The fraction of sp³-hybridized carbons (Fsp3) is 0.278. The lowest BCUT2D eigenvalue weighted by Gasteiger charge is -2.11. The minimum Gasteiger partial charge on any atom is -0.493 e. The molecular formula is C18H19Cl2NO4. The van der Waals surface area contributed by atoms with Crippen molar-refractivity contribution in [3.8, 4) is 17.2 Å². The van der Waals surface area contributed by atoms with Gasteiger partial charge in [-0.25, -0.2) is 0 Å². The lowest BCUT2D eigenvalue weighted by atomic mass is 10.2. The van der Waals surface area contributed by atoms with Crippen LogP contribution in [0.3, 0.4) is 0 Å². The number of hydrogen-bond acceptors (Lipinski definition) is 4. The van der Waals surface area contributed by atoms with Gasteiger partial charge in [0.05, 0.1) is 25.8 Å². The van der Waals surface area contributed by atoms with Crippen molar-refractivity contribution in [2.75, 3.05) is 27.4 Å². The van der Waals surface area contributed by atoms with Crippen LogP contribution in [0.15, 0.2) is 36.4 Å². The summed E-state index contributed by atoms with van der Waals surface area (Å²) in [6.45, 7) is 0.895. The number of rotatable bonds is 8. The third kappa shape index (κ3) is 5.44. The Labute approximate surface area is 156 Å². The van der Waals surface area contributed by atoms with Crippen LogP contribution in [0.5, 0.6) is 17.2 Å². The lowest BCUT2D eigenvalue weighted by Crippen LogP contribution is -2.25. The number of hydrogen-bond donors (Lipinski definition) is 1. The molecule has 2 aromatic rings. The Morgan fingerprint density at radius 1 is 1.00 bits per heavy atom. The Morgan fingerprint density at radius 2 is 1.72 bits per heavy atom. The minimum atomic E-state index is -0.189. The molecule has 25 heavy (non-hydrogen) atoms. The molecule has 1 amide bonds. The average Bonchev–Trinajstić information content (AvgIpc) is 2.62. The van der Waals surface area contributed by atoms with Gasteiger partial charge in [0, 0.05) is 17.1 Å². The van der Waals surface area contributed by atoms with E-state index in [2.05, 4.69) is 5.32 Å². The summed E-state index contributed by atoms with van der Waals surface area (Å²) in [5.41, 5.74) is 0.499. The van der Waals surface area contributed by atoms with E-state index in [0.717, 1.165) is 0 Å². The van der Waals surface area contributed by atoms with Crippen LogP contribution in [0, 0.1) is 0 Å². The van der Waals surface area contributed by atoms with Crippen LogP contribution in [-0.2, 0) is 0 Å². The molecule has 0 aliphatic carbocycles. The van der Waals surface area contributed by atoms with Crippen molar-refractivity contribution < 1.29 is 19.0 Å². The molecule has 2 aromatic carbocycles. The van der Waals surface area contributed by atoms with E-state index in [4.69, 9.17) is 37.4 Å². The van der Waals surface area contributed by atoms with Crippen LogP contribution >= 0.6 is 23.2 Å². The topological polar surface area (TPSA) is 56.8 Å². The number of amides is 1. The quantitative estimate of drug-likeness (QED) is 0.693. The first-order valence-electron chi connectivity index (χ1n) is 7.63. The molecule has 0 saturated carbocycles. The van der Waals surface area contributed by atoms with Crippen molar-refractivity contribution in [3.63, 3.8) is 0 Å². The molecule has 0 aliphatic rings. The molecule has 0 atom stereocenters. The van der Waals surface area contributed by atoms with Crippen molar-refractivity contribution in [1.82, 2.24) is 5.32 Å². The van der Waals surface area contributed by atoms with E-state index in [1.165, 1.54) is 7.11 Å². The van der Waals surface area contributed by atoms with Crippen molar-refractivity contribution in [2.24, 2.45) is 0 Å². The average molecular weight is 384 g/mol. The molecule has 0 spiro atoms. The molecule has 1 N–H and O–H groups in total. The van der Waals surface area contributed by atoms with E-state index in [1.807, 2.05) is 0 Å². The first-order chi connectivity index (χ1) is 12.0. The van der Waals surface area contributed by atoms with Gasteiger partial charge in [-0.15, -0.1) is 0 Å². The molecule has 7 heteroatoms. The highest BCUT2D eigenvalue weighted by molar-refractivity contribution is 6.35. The number of ether oxygens (including phenoxy) is 3. The van der Waals surface area contributed by atoms with Gasteiger partial charge >= 0.3 is 0 Å². The summed E-state index contributed by atoms with van der Waals surface area (Å²) < 4.78 is 15.9. The highest BCUT2D eigenvalue weighted by Gasteiger charge is 2.10. The molecule has 0 fully saturated rings. The molecule has 0 aliphatic heterocycles. The summed E-state index contributed by atoms with van der Waals surface area (Å²) in [7, 11) is 3.07. The standard InChI is InChI=1S/C18H19Cl2NO4/c1-23-16-6-4-12(10-17(16)24-2)18(22)21-8-3-9-25-15-7-5-13(19)11-14(15)20/h4-7,10-11H,3,8-9H2,1-2H3,(H,21,22). The monoisotopic (exact) mass is 383 g/mol. The number of halogens is 2. The Bertz CT molecular complexity index is 737. The second-order valence-electron chi connectivity index (χ2n) is 5.10. The SMILES string of the molecule is COc1ccc(C(=O)NCCCOc2ccc(Cl)cc2Cl)cc1OC. The van der Waals surface area contributed by atoms with E-state index in [9.17, 15) is 4.79 Å². The van der Waals surface area contributed by atoms with E-state index >= 15 is 0 Å². The van der Waals surface area contributed by atoms with Gasteiger partial charge in [-0.05, 0) is 42.8 Å². The largest absolute Gasteiger partial charge is 0.493 e. The molecule has 0 radical (unpaired) electrons. The van der Waals surface area contributed by atoms with Crippen molar-refractivity contribution in [3.05, 3.63) is 52.0 Å². The van der Waals surface area contributed by atoms with E-state index in [-0.39, 0.29) is 5.91 Å². The fourth-order valence-electron chi connectivity index (χ4n) is 2.13. The normalized spacial score (nSPS) is 10.2. The van der Waals surface area contributed by atoms with Crippen LogP contribution in [0.1, 0.15) is 16.8 Å². The highest BCUT2D eigenvalue weighted by Crippen LogP contribution is 2.28. The number of carbonyl (C=O) groups excluding carboxylic acids is 1. The second kappa shape index (κ2) is 9.39. The van der Waals surface area contributed by atoms with Gasteiger partial charge in [0.15, 0.2) is 11.5 Å². The van der Waals surface area contributed by atoms with Crippen molar-refractivity contribution in [2.45, 2.75) is 6.42 Å². The van der Waals surface area contributed by atoms with Crippen molar-refractivity contribution in [1.29, 1.82) is 0 Å². The van der Waals surface area contributed by atoms with E-state index < -0.39 is 0 Å². The first-order valence-corrected chi connectivity index (χ1v) is 8.39. The molecule has 0 heterocycles. The Kier molecular flexibility index (Phi) is 7.22. The maximum atomic E-state index is 12.2. The lowest BCUT2D eigenvalue weighted by molar-refractivity contribution is 0.0951. The Morgan fingerprint density at radius 3 is 2.40 bits per heavy atom. The third-order valence-corrected chi connectivity index (χ3v) is 3.93. The van der Waals surface area contributed by atoms with Gasteiger partial charge in [0.1, 0.15) is 5.75 Å². The van der Waals surface area contributed by atoms with Gasteiger partial charge in [-0.1, -0.05) is 23.2 Å². The van der Waals surface area contributed by atoms with E-state index in [1.54, 1.807) is 43.5 Å². The second-order valence-corrected chi connectivity index (χ2v) is 5.95. The van der Waals surface area contributed by atoms with Crippen LogP contribution in [0.4, 0.5) is 0 Å². The molecule has 2 rings (SSSR count). The number of benzene rings is 2. The summed E-state index contributed by atoms with van der Waals surface area (Å²) in [6, 6.07) is 10.1. The smallest absolute Gasteiger partial charge is 0.251 e. The molecule has 0 unspecified atom stereocenters. The minimum absolute atomic E-state index is 0.189. The van der Waals surface area contributed by atoms with Gasteiger partial charge < -0.3 is 19.5 Å². The Balaban J connectivity index is 1.78. The zero-order valence-electron chi connectivity index (χ0n) is 14.0. The fourth-order valence-corrected chi connectivity index (χ4v) is 2.59. The maximum absolute atomic E-state index is 12.2. The summed E-state index contributed by atoms with van der Waals surface area (Å²) in [5, 5.41) is 3.84. The molecular weight excluding hydrogens is 365 g/mol. The predicted molar refractivity (Wildman–Crippen MR) is 98.5 cm³/mol. The van der Waals surface area contributed by atoms with Gasteiger partial charge in [0.2, 0.25) is 0 Å². The molecule has 5 nitrogen and oxygen atoms in total. The first kappa shape index (κ1) is 19.2. The van der Waals surface area contributed by atoms with Crippen LogP contribution in [0.2, 0.25) is 10.0 Å². The van der Waals surface area contributed by atoms with Gasteiger partial charge in [-0.3, -0.25) is 4.79 Å². The van der Waals surface area contributed by atoms with Crippen LogP contribution in [0.25, 0.3) is 0 Å². The molecule has 0 bridgehead atoms. The highest BCUT2D eigenvalue weighted by atomic mass is 35.5.